The summed E-state index contributed by atoms with van der Waals surface area (Å²) < 4.78 is 0. The Labute approximate surface area is 125 Å². The zero-order valence-electron chi connectivity index (χ0n) is 12.9. The third-order valence-corrected chi connectivity index (χ3v) is 4.15. The molecule has 1 aliphatic carbocycles. The lowest BCUT2D eigenvalue weighted by atomic mass is 9.84. The molecule has 6 nitrogen and oxygen atoms in total. The normalized spacial score (nSPS) is 23.0. The number of hydrogen-bond acceptors (Lipinski definition) is 3. The largest absolute Gasteiger partial charge is 0.478 e. The van der Waals surface area contributed by atoms with Crippen LogP contribution in [0.4, 0.5) is 4.79 Å². The van der Waals surface area contributed by atoms with Gasteiger partial charge in [-0.25, -0.2) is 9.59 Å². The summed E-state index contributed by atoms with van der Waals surface area (Å²) in [4.78, 5) is 34.3. The smallest absolute Gasteiger partial charge is 0.331 e. The van der Waals surface area contributed by atoms with Crippen molar-refractivity contribution in [2.45, 2.75) is 58.9 Å². The Morgan fingerprint density at radius 1 is 1.14 bits per heavy atom. The number of nitrogens with one attached hydrogen (secondary N) is 2. The van der Waals surface area contributed by atoms with Gasteiger partial charge in [-0.05, 0) is 32.6 Å². The number of carbonyl (C=O) groups is 3. The van der Waals surface area contributed by atoms with Gasteiger partial charge >= 0.3 is 12.0 Å². The molecule has 1 fully saturated rings. The molecule has 1 aliphatic rings. The molecular weight excluding hydrogens is 272 g/mol. The van der Waals surface area contributed by atoms with Crippen molar-refractivity contribution < 1.29 is 19.5 Å². The minimum atomic E-state index is -1.17. The molecule has 0 bridgehead atoms. The van der Waals surface area contributed by atoms with E-state index in [0.717, 1.165) is 25.7 Å². The second-order valence-corrected chi connectivity index (χ2v) is 5.62. The van der Waals surface area contributed by atoms with E-state index in [1.165, 1.54) is 20.3 Å². The maximum Gasteiger partial charge on any atom is 0.331 e. The van der Waals surface area contributed by atoms with Crippen molar-refractivity contribution in [3.63, 3.8) is 0 Å². The maximum atomic E-state index is 11.8. The summed E-state index contributed by atoms with van der Waals surface area (Å²) in [6.45, 7) is 4.86. The number of rotatable bonds is 4. The lowest BCUT2D eigenvalue weighted by Crippen LogP contribution is -2.46. The van der Waals surface area contributed by atoms with Crippen LogP contribution < -0.4 is 10.6 Å². The van der Waals surface area contributed by atoms with Gasteiger partial charge in [0.1, 0.15) is 0 Å². The number of aliphatic carboxylic acids is 1. The molecule has 6 heteroatoms. The molecule has 0 aromatic rings. The minimum absolute atomic E-state index is 0.0349. The van der Waals surface area contributed by atoms with Gasteiger partial charge in [0.2, 0.25) is 0 Å². The first-order chi connectivity index (χ1) is 9.85. The molecule has 21 heavy (non-hydrogen) atoms. The first-order valence-electron chi connectivity index (χ1n) is 7.37. The third kappa shape index (κ3) is 5.21. The van der Waals surface area contributed by atoms with Crippen LogP contribution in [0.5, 0.6) is 0 Å². The second kappa shape index (κ2) is 7.81. The van der Waals surface area contributed by atoms with Gasteiger partial charge < -0.3 is 10.4 Å². The average Bonchev–Trinajstić information content (AvgIpc) is 2.45. The van der Waals surface area contributed by atoms with Crippen molar-refractivity contribution in [2.24, 2.45) is 5.92 Å². The Bertz CT molecular complexity index is 457. The highest BCUT2D eigenvalue weighted by atomic mass is 16.4. The zero-order chi connectivity index (χ0) is 16.0. The van der Waals surface area contributed by atoms with Crippen LogP contribution in [0.15, 0.2) is 11.1 Å². The Kier molecular flexibility index (Phi) is 6.39. The molecule has 0 radical (unpaired) electrons. The minimum Gasteiger partial charge on any atom is -0.478 e. The molecule has 1 rings (SSSR count). The first kappa shape index (κ1) is 17.2. The van der Waals surface area contributed by atoms with Gasteiger partial charge in [-0.2, -0.15) is 0 Å². The molecule has 2 unspecified atom stereocenters. The Morgan fingerprint density at radius 2 is 1.81 bits per heavy atom. The fourth-order valence-electron chi connectivity index (χ4n) is 2.54. The van der Waals surface area contributed by atoms with E-state index in [2.05, 4.69) is 17.6 Å². The molecule has 3 N–H and O–H groups in total. The van der Waals surface area contributed by atoms with E-state index >= 15 is 0 Å². The molecule has 0 heterocycles. The summed E-state index contributed by atoms with van der Waals surface area (Å²) in [6.07, 6.45) is 5.21. The first-order valence-corrected chi connectivity index (χ1v) is 7.37. The Morgan fingerprint density at radius 3 is 2.38 bits per heavy atom. The number of carboxylic acids is 1. The van der Waals surface area contributed by atoms with Crippen molar-refractivity contribution in [3.8, 4) is 0 Å². The van der Waals surface area contributed by atoms with Crippen LogP contribution in [-0.2, 0) is 9.59 Å². The van der Waals surface area contributed by atoms with Gasteiger partial charge in [0.25, 0.3) is 5.91 Å². The van der Waals surface area contributed by atoms with E-state index in [1.807, 2.05) is 0 Å². The van der Waals surface area contributed by atoms with Gasteiger partial charge in [0.05, 0.1) is 0 Å². The summed E-state index contributed by atoms with van der Waals surface area (Å²) in [5.41, 5.74) is -0.0308. The standard InChI is InChI=1S/C15H24N2O4/c1-4-11-6-5-7-12(8-11)16-15(21)17-13(18)9(2)10(3)14(19)20/h11-12H,4-8H2,1-3H3,(H,19,20)(H2,16,17,18,21). The Hall–Kier alpha value is -1.85. The summed E-state index contributed by atoms with van der Waals surface area (Å²) in [5, 5.41) is 13.8. The van der Waals surface area contributed by atoms with Gasteiger partial charge in [0.15, 0.2) is 0 Å². The van der Waals surface area contributed by atoms with Crippen LogP contribution in [0.3, 0.4) is 0 Å². The predicted molar refractivity (Wildman–Crippen MR) is 78.7 cm³/mol. The van der Waals surface area contributed by atoms with E-state index < -0.39 is 17.9 Å². The van der Waals surface area contributed by atoms with Gasteiger partial charge in [-0.3, -0.25) is 10.1 Å². The van der Waals surface area contributed by atoms with Gasteiger partial charge in [-0.15, -0.1) is 0 Å². The lowest BCUT2D eigenvalue weighted by Gasteiger charge is -2.29. The van der Waals surface area contributed by atoms with Crippen LogP contribution in [0.2, 0.25) is 0 Å². The van der Waals surface area contributed by atoms with Crippen LogP contribution in [0.25, 0.3) is 0 Å². The third-order valence-electron chi connectivity index (χ3n) is 4.15. The van der Waals surface area contributed by atoms with Crippen molar-refractivity contribution >= 4 is 17.9 Å². The fraction of sp³-hybridized carbons (Fsp3) is 0.667. The quantitative estimate of drug-likeness (QED) is 0.693. The van der Waals surface area contributed by atoms with Gasteiger partial charge in [0, 0.05) is 17.2 Å². The number of carbonyl (C=O) groups excluding carboxylic acids is 2. The fourth-order valence-corrected chi connectivity index (χ4v) is 2.54. The molecule has 118 valence electrons. The van der Waals surface area contributed by atoms with Crippen LogP contribution in [-0.4, -0.2) is 29.1 Å². The van der Waals surface area contributed by atoms with E-state index in [1.54, 1.807) is 0 Å². The van der Waals surface area contributed by atoms with E-state index in [9.17, 15) is 14.4 Å². The molecular formula is C15H24N2O4. The Balaban J connectivity index is 2.52. The number of carboxylic acid groups (broad SMARTS) is 1. The van der Waals surface area contributed by atoms with Crippen LogP contribution in [0.1, 0.15) is 52.9 Å². The molecule has 0 aromatic carbocycles. The molecule has 0 aliphatic heterocycles. The number of urea groups is 1. The summed E-state index contributed by atoms with van der Waals surface area (Å²) in [5.74, 6) is -1.22. The topological polar surface area (TPSA) is 95.5 Å². The number of imide groups is 1. The molecule has 1 saturated carbocycles. The lowest BCUT2D eigenvalue weighted by molar-refractivity contribution is -0.133. The van der Waals surface area contributed by atoms with Crippen molar-refractivity contribution in [3.05, 3.63) is 11.1 Å². The molecule has 0 spiro atoms. The summed E-state index contributed by atoms with van der Waals surface area (Å²) in [6, 6.07) is -0.472. The zero-order valence-corrected chi connectivity index (χ0v) is 12.9. The SMILES string of the molecule is CCC1CCCC(NC(=O)NC(=O)C(C)=C(C)C(=O)O)C1. The van der Waals surface area contributed by atoms with Crippen LogP contribution in [0, 0.1) is 5.92 Å². The maximum absolute atomic E-state index is 11.8. The van der Waals surface area contributed by atoms with E-state index in [0.29, 0.717) is 5.92 Å². The highest BCUT2D eigenvalue weighted by Crippen LogP contribution is 2.26. The van der Waals surface area contributed by atoms with E-state index in [-0.39, 0.29) is 17.2 Å². The average molecular weight is 296 g/mol. The second-order valence-electron chi connectivity index (χ2n) is 5.62. The molecule has 0 saturated heterocycles. The van der Waals surface area contributed by atoms with E-state index in [4.69, 9.17) is 5.11 Å². The molecule has 2 atom stereocenters. The van der Waals surface area contributed by atoms with Crippen LogP contribution >= 0.6 is 0 Å². The number of hydrogen-bond donors (Lipinski definition) is 3. The highest BCUT2D eigenvalue weighted by molar-refractivity contribution is 6.07. The highest BCUT2D eigenvalue weighted by Gasteiger charge is 2.23. The monoisotopic (exact) mass is 296 g/mol. The summed E-state index contributed by atoms with van der Waals surface area (Å²) in [7, 11) is 0. The van der Waals surface area contributed by atoms with Crippen molar-refractivity contribution in [2.75, 3.05) is 0 Å². The number of amides is 3. The molecule has 0 aromatic heterocycles. The van der Waals surface area contributed by atoms with Crippen molar-refractivity contribution in [1.82, 2.24) is 10.6 Å². The van der Waals surface area contributed by atoms with Crippen molar-refractivity contribution in [1.29, 1.82) is 0 Å². The van der Waals surface area contributed by atoms with Gasteiger partial charge in [-0.1, -0.05) is 26.2 Å². The summed E-state index contributed by atoms with van der Waals surface area (Å²) >= 11 is 0. The molecule has 3 amide bonds. The predicted octanol–water partition coefficient (Wildman–Crippen LogP) is 2.20.